The van der Waals surface area contributed by atoms with E-state index in [0.29, 0.717) is 10.0 Å². The van der Waals surface area contributed by atoms with E-state index in [1.54, 1.807) is 24.3 Å². The first-order valence-corrected chi connectivity index (χ1v) is 6.23. The zero-order valence-corrected chi connectivity index (χ0v) is 10.7. The summed E-state index contributed by atoms with van der Waals surface area (Å²) >= 11 is 6.81. The highest BCUT2D eigenvalue weighted by molar-refractivity contribution is 7.18. The Morgan fingerprint density at radius 1 is 1.22 bits per heavy atom. The molecule has 1 aromatic heterocycles. The van der Waals surface area contributed by atoms with Crippen LogP contribution in [0.5, 0.6) is 0 Å². The zero-order valence-electron chi connectivity index (χ0n) is 9.14. The Morgan fingerprint density at radius 2 is 1.89 bits per heavy atom. The number of carbonyl (C=O) groups excluding carboxylic acids is 2. The maximum Gasteiger partial charge on any atom is 0.266 e. The first-order valence-electron chi connectivity index (χ1n) is 5.03. The van der Waals surface area contributed by atoms with Crippen molar-refractivity contribution in [3.8, 4) is 0 Å². The van der Waals surface area contributed by atoms with Gasteiger partial charge in [0.1, 0.15) is 4.88 Å². The van der Waals surface area contributed by atoms with Crippen molar-refractivity contribution in [1.82, 2.24) is 0 Å². The fourth-order valence-corrected chi connectivity index (χ4v) is 2.55. The standard InChI is InChI=1S/C12H9ClN2O2S/c13-9-6-8(11(14)16)10(18-9)12(17)15-7-4-2-1-3-5-7/h1-6H,(H2,14,16)(H,15,17). The van der Waals surface area contributed by atoms with Crippen molar-refractivity contribution in [3.63, 3.8) is 0 Å². The van der Waals surface area contributed by atoms with E-state index in [-0.39, 0.29) is 10.4 Å². The Bertz CT molecular complexity index is 595. The minimum Gasteiger partial charge on any atom is -0.366 e. The van der Waals surface area contributed by atoms with E-state index in [0.717, 1.165) is 11.3 Å². The topological polar surface area (TPSA) is 72.2 Å². The number of halogens is 1. The van der Waals surface area contributed by atoms with Crippen LogP contribution in [-0.4, -0.2) is 11.8 Å². The number of primary amides is 1. The summed E-state index contributed by atoms with van der Waals surface area (Å²) in [6.07, 6.45) is 0. The predicted octanol–water partition coefficient (Wildman–Crippen LogP) is 2.75. The lowest BCUT2D eigenvalue weighted by molar-refractivity contribution is 0.0980. The van der Waals surface area contributed by atoms with Crippen LogP contribution in [0.3, 0.4) is 0 Å². The quantitative estimate of drug-likeness (QED) is 0.907. The number of rotatable bonds is 3. The van der Waals surface area contributed by atoms with Gasteiger partial charge in [-0.05, 0) is 18.2 Å². The van der Waals surface area contributed by atoms with Gasteiger partial charge in [0, 0.05) is 5.69 Å². The third kappa shape index (κ3) is 2.69. The van der Waals surface area contributed by atoms with Gasteiger partial charge in [-0.3, -0.25) is 9.59 Å². The molecule has 2 amide bonds. The van der Waals surface area contributed by atoms with Crippen LogP contribution < -0.4 is 11.1 Å². The second-order valence-corrected chi connectivity index (χ2v) is 5.16. The van der Waals surface area contributed by atoms with Gasteiger partial charge >= 0.3 is 0 Å². The normalized spacial score (nSPS) is 10.1. The van der Waals surface area contributed by atoms with E-state index < -0.39 is 11.8 Å². The minimum atomic E-state index is -0.670. The number of anilines is 1. The summed E-state index contributed by atoms with van der Waals surface area (Å²) in [6, 6.07) is 10.3. The second-order valence-electron chi connectivity index (χ2n) is 3.48. The highest BCUT2D eigenvalue weighted by Crippen LogP contribution is 2.27. The SMILES string of the molecule is NC(=O)c1cc(Cl)sc1C(=O)Nc1ccccc1. The van der Waals surface area contributed by atoms with Crippen molar-refractivity contribution in [1.29, 1.82) is 0 Å². The smallest absolute Gasteiger partial charge is 0.266 e. The van der Waals surface area contributed by atoms with Crippen molar-refractivity contribution in [2.24, 2.45) is 5.73 Å². The Hall–Kier alpha value is -1.85. The maximum atomic E-state index is 12.0. The number of carbonyl (C=O) groups is 2. The second kappa shape index (κ2) is 5.20. The third-order valence-corrected chi connectivity index (χ3v) is 3.47. The molecule has 0 aliphatic heterocycles. The largest absolute Gasteiger partial charge is 0.366 e. The van der Waals surface area contributed by atoms with Gasteiger partial charge in [0.25, 0.3) is 5.91 Å². The average molecular weight is 281 g/mol. The molecule has 3 N–H and O–H groups in total. The van der Waals surface area contributed by atoms with Gasteiger partial charge in [-0.2, -0.15) is 0 Å². The Labute approximate surface area is 112 Å². The molecule has 0 aliphatic rings. The van der Waals surface area contributed by atoms with E-state index in [9.17, 15) is 9.59 Å². The summed E-state index contributed by atoms with van der Waals surface area (Å²) in [5.74, 6) is -1.07. The lowest BCUT2D eigenvalue weighted by Gasteiger charge is -2.03. The maximum absolute atomic E-state index is 12.0. The fraction of sp³-hybridized carbons (Fsp3) is 0. The molecule has 0 fully saturated rings. The summed E-state index contributed by atoms with van der Waals surface area (Å²) in [4.78, 5) is 23.4. The monoisotopic (exact) mass is 280 g/mol. The van der Waals surface area contributed by atoms with Crippen LogP contribution in [0.2, 0.25) is 4.34 Å². The third-order valence-electron chi connectivity index (χ3n) is 2.21. The van der Waals surface area contributed by atoms with Crippen molar-refractivity contribution in [2.75, 3.05) is 5.32 Å². The molecule has 1 heterocycles. The summed E-state index contributed by atoms with van der Waals surface area (Å²) in [5.41, 5.74) is 5.97. The highest BCUT2D eigenvalue weighted by Gasteiger charge is 2.19. The van der Waals surface area contributed by atoms with Crippen molar-refractivity contribution >= 4 is 40.4 Å². The van der Waals surface area contributed by atoms with Gasteiger partial charge in [0.05, 0.1) is 9.90 Å². The molecule has 0 aliphatic carbocycles. The van der Waals surface area contributed by atoms with Gasteiger partial charge in [0.15, 0.2) is 0 Å². The summed E-state index contributed by atoms with van der Waals surface area (Å²) < 4.78 is 0.349. The number of nitrogens with one attached hydrogen (secondary N) is 1. The molecule has 0 saturated heterocycles. The number of thiophene rings is 1. The lowest BCUT2D eigenvalue weighted by Crippen LogP contribution is -2.18. The molecule has 0 bridgehead atoms. The number of para-hydroxylation sites is 1. The number of benzene rings is 1. The van der Waals surface area contributed by atoms with E-state index in [1.807, 2.05) is 6.07 Å². The summed E-state index contributed by atoms with van der Waals surface area (Å²) in [7, 11) is 0. The summed E-state index contributed by atoms with van der Waals surface area (Å²) in [6.45, 7) is 0. The molecule has 0 saturated carbocycles. The van der Waals surface area contributed by atoms with E-state index in [2.05, 4.69) is 5.32 Å². The van der Waals surface area contributed by atoms with Crippen molar-refractivity contribution < 1.29 is 9.59 Å². The molecule has 0 radical (unpaired) electrons. The predicted molar refractivity (Wildman–Crippen MR) is 72.2 cm³/mol. The molecule has 1 aromatic carbocycles. The molecular formula is C12H9ClN2O2S. The first-order chi connectivity index (χ1) is 8.58. The van der Waals surface area contributed by atoms with Crippen LogP contribution in [0, 0.1) is 0 Å². The summed E-state index contributed by atoms with van der Waals surface area (Å²) in [5, 5.41) is 2.67. The number of nitrogens with two attached hydrogens (primary N) is 1. The van der Waals surface area contributed by atoms with Gasteiger partial charge in [-0.15, -0.1) is 11.3 Å². The number of hydrogen-bond donors (Lipinski definition) is 2. The molecular weight excluding hydrogens is 272 g/mol. The van der Waals surface area contributed by atoms with Gasteiger partial charge in [0.2, 0.25) is 5.91 Å². The molecule has 4 nitrogen and oxygen atoms in total. The molecule has 2 rings (SSSR count). The first kappa shape index (κ1) is 12.6. The Morgan fingerprint density at radius 3 is 2.50 bits per heavy atom. The van der Waals surface area contributed by atoms with E-state index in [4.69, 9.17) is 17.3 Å². The molecule has 92 valence electrons. The van der Waals surface area contributed by atoms with Gasteiger partial charge in [-0.25, -0.2) is 0 Å². The van der Waals surface area contributed by atoms with Crippen LogP contribution in [0.25, 0.3) is 0 Å². The van der Waals surface area contributed by atoms with Gasteiger partial charge < -0.3 is 11.1 Å². The molecule has 0 atom stereocenters. The van der Waals surface area contributed by atoms with Crippen LogP contribution in [0.4, 0.5) is 5.69 Å². The Balaban J connectivity index is 2.27. The van der Waals surface area contributed by atoms with E-state index in [1.165, 1.54) is 6.07 Å². The minimum absolute atomic E-state index is 0.137. The highest BCUT2D eigenvalue weighted by atomic mass is 35.5. The van der Waals surface area contributed by atoms with Crippen molar-refractivity contribution in [3.05, 3.63) is 51.2 Å². The molecule has 2 aromatic rings. The van der Waals surface area contributed by atoms with Crippen LogP contribution in [-0.2, 0) is 0 Å². The fourth-order valence-electron chi connectivity index (χ4n) is 1.42. The molecule has 0 unspecified atom stereocenters. The lowest BCUT2D eigenvalue weighted by atomic mass is 10.2. The average Bonchev–Trinajstić information content (AvgIpc) is 2.73. The zero-order chi connectivity index (χ0) is 13.1. The van der Waals surface area contributed by atoms with Crippen LogP contribution >= 0.6 is 22.9 Å². The van der Waals surface area contributed by atoms with Crippen LogP contribution in [0.15, 0.2) is 36.4 Å². The molecule has 0 spiro atoms. The van der Waals surface area contributed by atoms with E-state index >= 15 is 0 Å². The number of amides is 2. The van der Waals surface area contributed by atoms with Crippen molar-refractivity contribution in [2.45, 2.75) is 0 Å². The molecule has 6 heteroatoms. The number of hydrogen-bond acceptors (Lipinski definition) is 3. The van der Waals surface area contributed by atoms with Gasteiger partial charge in [-0.1, -0.05) is 29.8 Å². The Kier molecular flexibility index (Phi) is 3.64. The molecule has 18 heavy (non-hydrogen) atoms. The van der Waals surface area contributed by atoms with Crippen LogP contribution in [0.1, 0.15) is 20.0 Å².